The number of aromatic nitrogens is 4. The van der Waals surface area contributed by atoms with Gasteiger partial charge >= 0.3 is 0 Å². The summed E-state index contributed by atoms with van der Waals surface area (Å²) in [4.78, 5) is 12.4. The Bertz CT molecular complexity index is 1030. The molecule has 0 spiro atoms. The van der Waals surface area contributed by atoms with Crippen molar-refractivity contribution in [2.24, 2.45) is 0 Å². The zero-order valence-electron chi connectivity index (χ0n) is 19.3. The van der Waals surface area contributed by atoms with E-state index in [1.807, 2.05) is 12.1 Å². The lowest BCUT2D eigenvalue weighted by molar-refractivity contribution is -0.118. The van der Waals surface area contributed by atoms with E-state index in [0.29, 0.717) is 28.9 Å². The van der Waals surface area contributed by atoms with Gasteiger partial charge in [0.1, 0.15) is 0 Å². The standard InChI is InChI=1S/C23H29N5O4S/c1-5-6-7-16-8-10-18(11-9-16)28-23(25-26-27-28)33-15-21(29)24-14-17-12-19(30-2)22(32-4)20(13-17)31-3/h8-13H,5-7,14-15H2,1-4H3,(H,24,29). The number of nitrogens with zero attached hydrogens (tertiary/aromatic N) is 4. The van der Waals surface area contributed by atoms with E-state index >= 15 is 0 Å². The molecule has 1 N–H and O–H groups in total. The molecule has 176 valence electrons. The number of thioether (sulfide) groups is 1. The Morgan fingerprint density at radius 2 is 1.73 bits per heavy atom. The lowest BCUT2D eigenvalue weighted by atomic mass is 10.1. The highest BCUT2D eigenvalue weighted by molar-refractivity contribution is 7.99. The van der Waals surface area contributed by atoms with Crippen LogP contribution < -0.4 is 19.5 Å². The highest BCUT2D eigenvalue weighted by Gasteiger charge is 2.15. The van der Waals surface area contributed by atoms with Gasteiger partial charge in [0, 0.05) is 6.54 Å². The van der Waals surface area contributed by atoms with Gasteiger partial charge in [-0.25, -0.2) is 0 Å². The molecule has 0 aliphatic heterocycles. The first-order valence-electron chi connectivity index (χ1n) is 10.7. The summed E-state index contributed by atoms with van der Waals surface area (Å²) in [5, 5.41) is 15.3. The molecule has 3 rings (SSSR count). The number of hydrogen-bond acceptors (Lipinski definition) is 8. The largest absolute Gasteiger partial charge is 0.493 e. The number of hydrogen-bond donors (Lipinski definition) is 1. The van der Waals surface area contributed by atoms with Crippen molar-refractivity contribution in [3.05, 3.63) is 47.5 Å². The van der Waals surface area contributed by atoms with Crippen molar-refractivity contribution in [3.63, 3.8) is 0 Å². The number of carbonyl (C=O) groups excluding carboxylic acids is 1. The van der Waals surface area contributed by atoms with Crippen molar-refractivity contribution in [2.45, 2.75) is 37.9 Å². The minimum Gasteiger partial charge on any atom is -0.493 e. The second kappa shape index (κ2) is 12.1. The number of aryl methyl sites for hydroxylation is 1. The molecule has 1 amide bonds. The van der Waals surface area contributed by atoms with Crippen molar-refractivity contribution in [1.82, 2.24) is 25.5 Å². The fourth-order valence-corrected chi connectivity index (χ4v) is 3.96. The predicted octanol–water partition coefficient (Wildman–Crippen LogP) is 3.44. The van der Waals surface area contributed by atoms with Crippen LogP contribution in [-0.2, 0) is 17.8 Å². The summed E-state index contributed by atoms with van der Waals surface area (Å²) in [5.74, 6) is 1.62. The molecule has 0 aliphatic rings. The first kappa shape index (κ1) is 24.4. The average Bonchev–Trinajstić information content (AvgIpc) is 3.33. The monoisotopic (exact) mass is 471 g/mol. The third-order valence-corrected chi connectivity index (χ3v) is 5.91. The van der Waals surface area contributed by atoms with Crippen LogP contribution in [0.25, 0.3) is 5.69 Å². The number of tetrazole rings is 1. The number of ether oxygens (including phenoxy) is 3. The third kappa shape index (κ3) is 6.38. The SMILES string of the molecule is CCCCc1ccc(-n2nnnc2SCC(=O)NCc2cc(OC)c(OC)c(OC)c2)cc1. The van der Waals surface area contributed by atoms with Crippen LogP contribution in [0.5, 0.6) is 17.2 Å². The number of carbonyl (C=O) groups is 1. The molecule has 1 heterocycles. The molecule has 0 bridgehead atoms. The van der Waals surface area contributed by atoms with Crippen LogP contribution in [0.3, 0.4) is 0 Å². The Morgan fingerprint density at radius 1 is 1.03 bits per heavy atom. The fraction of sp³-hybridized carbons (Fsp3) is 0.391. The molecular formula is C23H29N5O4S. The van der Waals surface area contributed by atoms with Gasteiger partial charge in [0.05, 0.1) is 32.8 Å². The van der Waals surface area contributed by atoms with E-state index in [9.17, 15) is 4.79 Å². The zero-order valence-corrected chi connectivity index (χ0v) is 20.1. The molecular weight excluding hydrogens is 442 g/mol. The van der Waals surface area contributed by atoms with E-state index in [1.54, 1.807) is 38.1 Å². The minimum atomic E-state index is -0.141. The summed E-state index contributed by atoms with van der Waals surface area (Å²) in [6.45, 7) is 2.50. The molecule has 9 nitrogen and oxygen atoms in total. The third-order valence-electron chi connectivity index (χ3n) is 4.99. The average molecular weight is 472 g/mol. The van der Waals surface area contributed by atoms with Gasteiger partial charge in [0.15, 0.2) is 11.5 Å². The molecule has 10 heteroatoms. The molecule has 0 aliphatic carbocycles. The van der Waals surface area contributed by atoms with Gasteiger partial charge in [-0.05, 0) is 58.7 Å². The van der Waals surface area contributed by atoms with Crippen LogP contribution in [0.4, 0.5) is 0 Å². The topological polar surface area (TPSA) is 100 Å². The van der Waals surface area contributed by atoms with E-state index in [1.165, 1.54) is 17.3 Å². The number of unbranched alkanes of at least 4 members (excludes halogenated alkanes) is 1. The molecule has 0 radical (unpaired) electrons. The zero-order chi connectivity index (χ0) is 23.6. The number of methoxy groups -OCH3 is 3. The lowest BCUT2D eigenvalue weighted by Gasteiger charge is -2.14. The van der Waals surface area contributed by atoms with E-state index in [4.69, 9.17) is 14.2 Å². The summed E-state index contributed by atoms with van der Waals surface area (Å²) < 4.78 is 17.7. The van der Waals surface area contributed by atoms with Crippen molar-refractivity contribution >= 4 is 17.7 Å². The first-order chi connectivity index (χ1) is 16.1. The van der Waals surface area contributed by atoms with Gasteiger partial charge in [0.2, 0.25) is 16.8 Å². The maximum atomic E-state index is 12.4. The van der Waals surface area contributed by atoms with Crippen molar-refractivity contribution in [1.29, 1.82) is 0 Å². The quantitative estimate of drug-likeness (QED) is 0.401. The van der Waals surface area contributed by atoms with Crippen LogP contribution in [-0.4, -0.2) is 53.2 Å². The van der Waals surface area contributed by atoms with Crippen LogP contribution >= 0.6 is 11.8 Å². The van der Waals surface area contributed by atoms with E-state index in [-0.39, 0.29) is 11.7 Å². The van der Waals surface area contributed by atoms with Gasteiger partial charge in [-0.1, -0.05) is 37.2 Å². The Labute approximate surface area is 197 Å². The fourth-order valence-electron chi connectivity index (χ4n) is 3.23. The van der Waals surface area contributed by atoms with Crippen LogP contribution in [0, 0.1) is 0 Å². The van der Waals surface area contributed by atoms with E-state index in [0.717, 1.165) is 30.5 Å². The summed E-state index contributed by atoms with van der Waals surface area (Å²) in [6, 6.07) is 11.8. The van der Waals surface area contributed by atoms with Gasteiger partial charge in [-0.15, -0.1) is 5.10 Å². The molecule has 0 saturated carbocycles. The number of amides is 1. The summed E-state index contributed by atoms with van der Waals surface area (Å²) in [7, 11) is 4.66. The normalized spacial score (nSPS) is 10.7. The van der Waals surface area contributed by atoms with Gasteiger partial charge in [0.25, 0.3) is 0 Å². The number of rotatable bonds is 12. The molecule has 0 unspecified atom stereocenters. The van der Waals surface area contributed by atoms with Gasteiger partial charge in [-0.2, -0.15) is 4.68 Å². The predicted molar refractivity (Wildman–Crippen MR) is 126 cm³/mol. The van der Waals surface area contributed by atoms with Crippen molar-refractivity contribution in [2.75, 3.05) is 27.1 Å². The summed E-state index contributed by atoms with van der Waals surface area (Å²) in [5.41, 5.74) is 2.98. The second-order valence-corrected chi connectivity index (χ2v) is 8.18. The molecule has 3 aromatic rings. The van der Waals surface area contributed by atoms with Gasteiger partial charge in [-0.3, -0.25) is 4.79 Å². The highest BCUT2D eigenvalue weighted by Crippen LogP contribution is 2.38. The minimum absolute atomic E-state index is 0.141. The molecule has 0 atom stereocenters. The first-order valence-corrected chi connectivity index (χ1v) is 11.6. The molecule has 0 saturated heterocycles. The molecule has 2 aromatic carbocycles. The summed E-state index contributed by atoms with van der Waals surface area (Å²) >= 11 is 1.28. The van der Waals surface area contributed by atoms with Crippen LogP contribution in [0.1, 0.15) is 30.9 Å². The Kier molecular flexibility index (Phi) is 8.94. The molecule has 1 aromatic heterocycles. The maximum Gasteiger partial charge on any atom is 0.230 e. The second-order valence-electron chi connectivity index (χ2n) is 7.24. The van der Waals surface area contributed by atoms with Crippen LogP contribution in [0.15, 0.2) is 41.6 Å². The maximum absolute atomic E-state index is 12.4. The smallest absolute Gasteiger partial charge is 0.230 e. The van der Waals surface area contributed by atoms with Crippen molar-refractivity contribution < 1.29 is 19.0 Å². The summed E-state index contributed by atoms with van der Waals surface area (Å²) in [6.07, 6.45) is 3.38. The van der Waals surface area contributed by atoms with Gasteiger partial charge < -0.3 is 19.5 Å². The molecule has 33 heavy (non-hydrogen) atoms. The Balaban J connectivity index is 1.58. The van der Waals surface area contributed by atoms with E-state index in [2.05, 4.69) is 39.9 Å². The molecule has 0 fully saturated rings. The Hall–Kier alpha value is -3.27. The number of benzene rings is 2. The number of nitrogens with one attached hydrogen (secondary N) is 1. The van der Waals surface area contributed by atoms with E-state index < -0.39 is 0 Å². The lowest BCUT2D eigenvalue weighted by Crippen LogP contribution is -2.24. The van der Waals surface area contributed by atoms with Crippen LogP contribution in [0.2, 0.25) is 0 Å². The highest BCUT2D eigenvalue weighted by atomic mass is 32.2. The Morgan fingerprint density at radius 3 is 2.33 bits per heavy atom. The van der Waals surface area contributed by atoms with Crippen molar-refractivity contribution in [3.8, 4) is 22.9 Å².